The molecule has 1 aromatic carbocycles. The summed E-state index contributed by atoms with van der Waals surface area (Å²) in [5, 5.41) is 0. The van der Waals surface area contributed by atoms with Crippen LogP contribution in [0.5, 0.6) is 0 Å². The summed E-state index contributed by atoms with van der Waals surface area (Å²) >= 11 is 0. The van der Waals surface area contributed by atoms with Crippen LogP contribution in [0.25, 0.3) is 0 Å². The first-order chi connectivity index (χ1) is 9.11. The van der Waals surface area contributed by atoms with Crippen molar-refractivity contribution in [3.8, 4) is 0 Å². The average Bonchev–Trinajstić information content (AvgIpc) is 2.41. The molecule has 1 aromatic rings. The molecule has 1 heterocycles. The Morgan fingerprint density at radius 1 is 1.58 bits per heavy atom. The van der Waals surface area contributed by atoms with Gasteiger partial charge in [-0.2, -0.15) is 0 Å². The summed E-state index contributed by atoms with van der Waals surface area (Å²) in [4.78, 5) is 13.5. The van der Waals surface area contributed by atoms with E-state index in [0.717, 1.165) is 12.1 Å². The van der Waals surface area contributed by atoms with Gasteiger partial charge in [-0.25, -0.2) is 9.18 Å². The Kier molecular flexibility index (Phi) is 4.50. The first-order valence-corrected chi connectivity index (χ1v) is 6.30. The first-order valence-electron chi connectivity index (χ1n) is 6.30. The number of ether oxygens (including phenoxy) is 2. The minimum atomic E-state index is -0.649. The number of carbonyl (C=O) groups excluding carboxylic acids is 1. The van der Waals surface area contributed by atoms with E-state index >= 15 is 0 Å². The van der Waals surface area contributed by atoms with Crippen LogP contribution in [0.4, 0.5) is 4.39 Å². The Morgan fingerprint density at radius 3 is 3.00 bits per heavy atom. The number of benzene rings is 1. The number of nitrogens with zero attached hydrogens (tertiary/aromatic N) is 1. The number of methoxy groups -OCH3 is 1. The van der Waals surface area contributed by atoms with E-state index < -0.39 is 11.8 Å². The average molecular weight is 267 g/mol. The van der Waals surface area contributed by atoms with E-state index in [-0.39, 0.29) is 5.56 Å². The van der Waals surface area contributed by atoms with E-state index in [9.17, 15) is 9.18 Å². The standard InChI is InChI=1S/C14H18FNO3/c1-10-9-19-6-5-16(10)8-11-3-4-12(13(15)7-11)14(17)18-2/h3-4,7,10H,5-6,8-9H2,1-2H3. The zero-order valence-corrected chi connectivity index (χ0v) is 11.2. The van der Waals surface area contributed by atoms with Crippen LogP contribution in [-0.4, -0.2) is 43.8 Å². The number of esters is 1. The summed E-state index contributed by atoms with van der Waals surface area (Å²) in [6.07, 6.45) is 0. The van der Waals surface area contributed by atoms with Crippen LogP contribution in [0.15, 0.2) is 18.2 Å². The highest BCUT2D eigenvalue weighted by Crippen LogP contribution is 2.16. The number of hydrogen-bond donors (Lipinski definition) is 0. The van der Waals surface area contributed by atoms with Crippen molar-refractivity contribution in [2.75, 3.05) is 26.9 Å². The van der Waals surface area contributed by atoms with Gasteiger partial charge in [0.2, 0.25) is 0 Å². The number of rotatable bonds is 3. The summed E-state index contributed by atoms with van der Waals surface area (Å²) in [7, 11) is 1.24. The highest BCUT2D eigenvalue weighted by atomic mass is 19.1. The molecule has 0 amide bonds. The lowest BCUT2D eigenvalue weighted by Gasteiger charge is -2.33. The molecule has 0 saturated carbocycles. The van der Waals surface area contributed by atoms with E-state index in [1.165, 1.54) is 19.2 Å². The molecule has 2 rings (SSSR count). The van der Waals surface area contributed by atoms with Gasteiger partial charge in [-0.1, -0.05) is 6.07 Å². The minimum Gasteiger partial charge on any atom is -0.465 e. The Labute approximate surface area is 112 Å². The van der Waals surface area contributed by atoms with Crippen molar-refractivity contribution in [3.63, 3.8) is 0 Å². The fourth-order valence-electron chi connectivity index (χ4n) is 2.16. The van der Waals surface area contributed by atoms with Gasteiger partial charge in [0.1, 0.15) is 5.82 Å². The van der Waals surface area contributed by atoms with Crippen LogP contribution in [0.3, 0.4) is 0 Å². The maximum absolute atomic E-state index is 13.8. The van der Waals surface area contributed by atoms with Gasteiger partial charge in [0.15, 0.2) is 0 Å². The van der Waals surface area contributed by atoms with Crippen molar-refractivity contribution in [2.24, 2.45) is 0 Å². The molecule has 1 unspecified atom stereocenters. The van der Waals surface area contributed by atoms with E-state index in [2.05, 4.69) is 16.6 Å². The Bertz CT molecular complexity index is 464. The van der Waals surface area contributed by atoms with E-state index in [4.69, 9.17) is 4.74 Å². The summed E-state index contributed by atoms with van der Waals surface area (Å²) in [5.41, 5.74) is 0.820. The largest absolute Gasteiger partial charge is 0.465 e. The lowest BCUT2D eigenvalue weighted by Crippen LogP contribution is -2.42. The van der Waals surface area contributed by atoms with Gasteiger partial charge in [0.05, 0.1) is 25.9 Å². The lowest BCUT2D eigenvalue weighted by molar-refractivity contribution is -0.00440. The van der Waals surface area contributed by atoms with Gasteiger partial charge in [0, 0.05) is 19.1 Å². The van der Waals surface area contributed by atoms with Crippen molar-refractivity contribution in [1.82, 2.24) is 4.90 Å². The zero-order valence-electron chi connectivity index (χ0n) is 11.2. The Balaban J connectivity index is 2.09. The van der Waals surface area contributed by atoms with Crippen molar-refractivity contribution in [1.29, 1.82) is 0 Å². The molecule has 0 N–H and O–H groups in total. The minimum absolute atomic E-state index is 0.0266. The second-order valence-electron chi connectivity index (χ2n) is 4.70. The Morgan fingerprint density at radius 2 is 2.37 bits per heavy atom. The van der Waals surface area contributed by atoms with Crippen molar-refractivity contribution in [3.05, 3.63) is 35.1 Å². The molecule has 1 aliphatic heterocycles. The molecule has 19 heavy (non-hydrogen) atoms. The lowest BCUT2D eigenvalue weighted by atomic mass is 10.1. The monoisotopic (exact) mass is 267 g/mol. The van der Waals surface area contributed by atoms with E-state index in [1.54, 1.807) is 6.07 Å². The second-order valence-corrected chi connectivity index (χ2v) is 4.70. The summed E-state index contributed by atoms with van der Waals surface area (Å²) in [6.45, 7) is 4.97. The maximum atomic E-state index is 13.8. The van der Waals surface area contributed by atoms with Gasteiger partial charge in [-0.3, -0.25) is 4.90 Å². The zero-order chi connectivity index (χ0) is 13.8. The molecule has 1 atom stereocenters. The summed E-state index contributed by atoms with van der Waals surface area (Å²) < 4.78 is 23.7. The summed E-state index contributed by atoms with van der Waals surface area (Å²) in [6, 6.07) is 4.95. The maximum Gasteiger partial charge on any atom is 0.340 e. The molecule has 0 aliphatic carbocycles. The molecule has 1 fully saturated rings. The van der Waals surface area contributed by atoms with Crippen LogP contribution in [0.2, 0.25) is 0 Å². The number of hydrogen-bond acceptors (Lipinski definition) is 4. The van der Waals surface area contributed by atoms with Crippen molar-refractivity contribution < 1.29 is 18.7 Å². The molecular weight excluding hydrogens is 249 g/mol. The molecule has 5 heteroatoms. The van der Waals surface area contributed by atoms with Gasteiger partial charge in [-0.05, 0) is 24.6 Å². The third kappa shape index (κ3) is 3.30. The third-order valence-electron chi connectivity index (χ3n) is 3.33. The van der Waals surface area contributed by atoms with Gasteiger partial charge in [0.25, 0.3) is 0 Å². The molecule has 1 saturated heterocycles. The molecule has 0 radical (unpaired) electrons. The quantitative estimate of drug-likeness (QED) is 0.783. The molecule has 0 aromatic heterocycles. The molecule has 4 nitrogen and oxygen atoms in total. The molecule has 104 valence electrons. The van der Waals surface area contributed by atoms with E-state index in [0.29, 0.717) is 25.8 Å². The van der Waals surface area contributed by atoms with Gasteiger partial charge >= 0.3 is 5.97 Å². The molecule has 1 aliphatic rings. The highest BCUT2D eigenvalue weighted by molar-refractivity contribution is 5.89. The smallest absolute Gasteiger partial charge is 0.340 e. The number of morpholine rings is 1. The number of carbonyl (C=O) groups is 1. The van der Waals surface area contributed by atoms with Crippen molar-refractivity contribution >= 4 is 5.97 Å². The molecule has 0 spiro atoms. The molecular formula is C14H18FNO3. The van der Waals surface area contributed by atoms with Crippen LogP contribution in [-0.2, 0) is 16.0 Å². The van der Waals surface area contributed by atoms with Gasteiger partial charge in [-0.15, -0.1) is 0 Å². The normalized spacial score (nSPS) is 20.3. The fraction of sp³-hybridized carbons (Fsp3) is 0.500. The predicted molar refractivity (Wildman–Crippen MR) is 68.4 cm³/mol. The van der Waals surface area contributed by atoms with E-state index in [1.807, 2.05) is 0 Å². The number of halogens is 1. The summed E-state index contributed by atoms with van der Waals surface area (Å²) in [5.74, 6) is -1.19. The van der Waals surface area contributed by atoms with Crippen molar-refractivity contribution in [2.45, 2.75) is 19.5 Å². The topological polar surface area (TPSA) is 38.8 Å². The molecule has 0 bridgehead atoms. The second kappa shape index (κ2) is 6.12. The van der Waals surface area contributed by atoms with Crippen LogP contribution < -0.4 is 0 Å². The fourth-order valence-corrected chi connectivity index (χ4v) is 2.16. The first kappa shape index (κ1) is 14.0. The Hall–Kier alpha value is -1.46. The van der Waals surface area contributed by atoms with Crippen LogP contribution in [0.1, 0.15) is 22.8 Å². The SMILES string of the molecule is COC(=O)c1ccc(CN2CCOCC2C)cc1F. The van der Waals surface area contributed by atoms with Crippen LogP contribution in [0, 0.1) is 5.82 Å². The highest BCUT2D eigenvalue weighted by Gasteiger charge is 2.19. The van der Waals surface area contributed by atoms with Gasteiger partial charge < -0.3 is 9.47 Å². The van der Waals surface area contributed by atoms with Crippen LogP contribution >= 0.6 is 0 Å². The predicted octanol–water partition coefficient (Wildman–Crippen LogP) is 1.83. The third-order valence-corrected chi connectivity index (χ3v) is 3.33.